The van der Waals surface area contributed by atoms with Gasteiger partial charge in [0.15, 0.2) is 0 Å². The van der Waals surface area contributed by atoms with Crippen molar-refractivity contribution in [2.75, 3.05) is 26.6 Å². The Bertz CT molecular complexity index is 1090. The summed E-state index contributed by atoms with van der Waals surface area (Å²) in [4.78, 5) is 27.4. The van der Waals surface area contributed by atoms with E-state index in [0.717, 1.165) is 11.1 Å². The van der Waals surface area contributed by atoms with Crippen LogP contribution in [0.4, 0.5) is 5.69 Å². The van der Waals surface area contributed by atoms with Crippen molar-refractivity contribution in [2.24, 2.45) is 0 Å². The summed E-state index contributed by atoms with van der Waals surface area (Å²) in [6.45, 7) is 2.27. The van der Waals surface area contributed by atoms with Crippen LogP contribution in [0.1, 0.15) is 31.8 Å². The van der Waals surface area contributed by atoms with Gasteiger partial charge < -0.3 is 19.7 Å². The van der Waals surface area contributed by atoms with Gasteiger partial charge in [0.2, 0.25) is 0 Å². The maximum Gasteiger partial charge on any atom is 0.256 e. The van der Waals surface area contributed by atoms with E-state index in [-0.39, 0.29) is 11.8 Å². The Morgan fingerprint density at radius 2 is 1.71 bits per heavy atom. The molecule has 0 saturated carbocycles. The van der Waals surface area contributed by atoms with Crippen molar-refractivity contribution in [2.45, 2.75) is 13.5 Å². The van der Waals surface area contributed by atoms with Gasteiger partial charge in [0.05, 0.1) is 25.5 Å². The van der Waals surface area contributed by atoms with Crippen molar-refractivity contribution < 1.29 is 19.1 Å². The van der Waals surface area contributed by atoms with Crippen LogP contribution in [0.15, 0.2) is 66.7 Å². The molecule has 31 heavy (non-hydrogen) atoms. The van der Waals surface area contributed by atoms with Crippen LogP contribution in [0.2, 0.25) is 0 Å². The number of carbonyl (C=O) groups is 2. The minimum Gasteiger partial charge on any atom is -0.497 e. The fourth-order valence-corrected chi connectivity index (χ4v) is 3.27. The molecule has 0 fully saturated rings. The van der Waals surface area contributed by atoms with Gasteiger partial charge >= 0.3 is 0 Å². The standard InChI is InChI=1S/C25H26N2O4/c1-17-8-7-9-18(14-17)24(28)26-22-11-6-5-10-21(22)25(29)27(2)16-19-12-13-20(30-3)15-23(19)31-4/h5-15H,16H2,1-4H3,(H,26,28). The Morgan fingerprint density at radius 1 is 0.935 bits per heavy atom. The van der Waals surface area contributed by atoms with E-state index in [1.165, 1.54) is 0 Å². The number of carbonyl (C=O) groups excluding carboxylic acids is 2. The quantitative estimate of drug-likeness (QED) is 0.612. The van der Waals surface area contributed by atoms with E-state index in [4.69, 9.17) is 9.47 Å². The van der Waals surface area contributed by atoms with Gasteiger partial charge in [-0.25, -0.2) is 0 Å². The summed E-state index contributed by atoms with van der Waals surface area (Å²) in [5.41, 5.74) is 3.26. The van der Waals surface area contributed by atoms with E-state index < -0.39 is 0 Å². The number of benzene rings is 3. The molecule has 1 N–H and O–H groups in total. The first-order valence-electron chi connectivity index (χ1n) is 9.86. The van der Waals surface area contributed by atoms with Crippen molar-refractivity contribution >= 4 is 17.5 Å². The molecular weight excluding hydrogens is 392 g/mol. The van der Waals surface area contributed by atoms with Crippen LogP contribution in [-0.4, -0.2) is 38.0 Å². The normalized spacial score (nSPS) is 10.3. The van der Waals surface area contributed by atoms with Crippen LogP contribution >= 0.6 is 0 Å². The molecule has 3 aromatic carbocycles. The molecule has 0 atom stereocenters. The van der Waals surface area contributed by atoms with Crippen LogP contribution in [-0.2, 0) is 6.54 Å². The smallest absolute Gasteiger partial charge is 0.256 e. The molecule has 0 unspecified atom stereocenters. The Balaban J connectivity index is 1.80. The van der Waals surface area contributed by atoms with Gasteiger partial charge in [0, 0.05) is 30.8 Å². The highest BCUT2D eigenvalue weighted by Crippen LogP contribution is 2.26. The van der Waals surface area contributed by atoms with E-state index >= 15 is 0 Å². The third-order valence-corrected chi connectivity index (χ3v) is 4.93. The zero-order chi connectivity index (χ0) is 22.4. The Hall–Kier alpha value is -3.80. The fraction of sp³-hybridized carbons (Fsp3) is 0.200. The second-order valence-corrected chi connectivity index (χ2v) is 7.21. The molecular formula is C25H26N2O4. The predicted octanol–water partition coefficient (Wildman–Crippen LogP) is 4.54. The molecule has 3 aromatic rings. The van der Waals surface area contributed by atoms with Gasteiger partial charge in [0.25, 0.3) is 11.8 Å². The number of hydrogen-bond donors (Lipinski definition) is 1. The van der Waals surface area contributed by atoms with E-state index in [2.05, 4.69) is 5.32 Å². The van der Waals surface area contributed by atoms with Crippen LogP contribution < -0.4 is 14.8 Å². The Kier molecular flexibility index (Phi) is 6.92. The summed E-state index contributed by atoms with van der Waals surface area (Å²) in [5.74, 6) is 0.847. The van der Waals surface area contributed by atoms with Crippen molar-refractivity contribution in [1.82, 2.24) is 4.90 Å². The number of anilines is 1. The maximum absolute atomic E-state index is 13.2. The van der Waals surface area contributed by atoms with Gasteiger partial charge in [-0.1, -0.05) is 29.8 Å². The van der Waals surface area contributed by atoms with Crippen molar-refractivity contribution in [3.8, 4) is 11.5 Å². The molecule has 0 bridgehead atoms. The number of aryl methyl sites for hydroxylation is 1. The molecule has 0 radical (unpaired) electrons. The van der Waals surface area contributed by atoms with Crippen LogP contribution in [0.25, 0.3) is 0 Å². The Labute approximate surface area is 182 Å². The molecule has 160 valence electrons. The summed E-state index contributed by atoms with van der Waals surface area (Å²) < 4.78 is 10.7. The predicted molar refractivity (Wildman–Crippen MR) is 121 cm³/mol. The third kappa shape index (κ3) is 5.22. The number of amides is 2. The maximum atomic E-state index is 13.2. The van der Waals surface area contributed by atoms with E-state index in [1.807, 2.05) is 37.3 Å². The minimum atomic E-state index is -0.261. The van der Waals surface area contributed by atoms with E-state index in [1.54, 1.807) is 62.6 Å². The molecule has 0 saturated heterocycles. The first kappa shape index (κ1) is 21.9. The third-order valence-electron chi connectivity index (χ3n) is 4.93. The molecule has 0 aliphatic carbocycles. The zero-order valence-corrected chi connectivity index (χ0v) is 18.1. The zero-order valence-electron chi connectivity index (χ0n) is 18.1. The number of hydrogen-bond acceptors (Lipinski definition) is 4. The monoisotopic (exact) mass is 418 g/mol. The average Bonchev–Trinajstić information content (AvgIpc) is 2.79. The molecule has 6 heteroatoms. The van der Waals surface area contributed by atoms with Gasteiger partial charge in [0.1, 0.15) is 11.5 Å². The van der Waals surface area contributed by atoms with Gasteiger partial charge in [-0.15, -0.1) is 0 Å². The molecule has 0 aliphatic heterocycles. The summed E-state index contributed by atoms with van der Waals surface area (Å²) >= 11 is 0. The summed E-state index contributed by atoms with van der Waals surface area (Å²) in [6, 6.07) is 19.8. The topological polar surface area (TPSA) is 67.9 Å². The molecule has 2 amide bonds. The highest BCUT2D eigenvalue weighted by molar-refractivity contribution is 6.09. The fourth-order valence-electron chi connectivity index (χ4n) is 3.27. The lowest BCUT2D eigenvalue weighted by Crippen LogP contribution is -2.27. The highest BCUT2D eigenvalue weighted by Gasteiger charge is 2.19. The lowest BCUT2D eigenvalue weighted by Gasteiger charge is -2.21. The van der Waals surface area contributed by atoms with Crippen molar-refractivity contribution in [3.05, 3.63) is 89.0 Å². The van der Waals surface area contributed by atoms with Gasteiger partial charge in [-0.2, -0.15) is 0 Å². The lowest BCUT2D eigenvalue weighted by molar-refractivity contribution is 0.0785. The highest BCUT2D eigenvalue weighted by atomic mass is 16.5. The van der Waals surface area contributed by atoms with Crippen LogP contribution in [0.5, 0.6) is 11.5 Å². The first-order chi connectivity index (χ1) is 14.9. The van der Waals surface area contributed by atoms with E-state index in [0.29, 0.717) is 34.9 Å². The molecule has 0 aliphatic rings. The largest absolute Gasteiger partial charge is 0.497 e. The van der Waals surface area contributed by atoms with Crippen LogP contribution in [0.3, 0.4) is 0 Å². The summed E-state index contributed by atoms with van der Waals surface area (Å²) in [5, 5.41) is 2.86. The lowest BCUT2D eigenvalue weighted by atomic mass is 10.1. The second kappa shape index (κ2) is 9.80. The van der Waals surface area contributed by atoms with Gasteiger partial charge in [-0.05, 0) is 43.3 Å². The SMILES string of the molecule is COc1ccc(CN(C)C(=O)c2ccccc2NC(=O)c2cccc(C)c2)c(OC)c1. The number of para-hydroxylation sites is 1. The number of ether oxygens (including phenoxy) is 2. The summed E-state index contributed by atoms with van der Waals surface area (Å²) in [7, 11) is 4.88. The summed E-state index contributed by atoms with van der Waals surface area (Å²) in [6.07, 6.45) is 0. The number of methoxy groups -OCH3 is 2. The number of rotatable bonds is 7. The van der Waals surface area contributed by atoms with E-state index in [9.17, 15) is 9.59 Å². The molecule has 0 aromatic heterocycles. The first-order valence-corrected chi connectivity index (χ1v) is 9.86. The molecule has 0 spiro atoms. The van der Waals surface area contributed by atoms with Crippen molar-refractivity contribution in [3.63, 3.8) is 0 Å². The molecule has 6 nitrogen and oxygen atoms in total. The second-order valence-electron chi connectivity index (χ2n) is 7.21. The number of nitrogens with zero attached hydrogens (tertiary/aromatic N) is 1. The van der Waals surface area contributed by atoms with Crippen molar-refractivity contribution in [1.29, 1.82) is 0 Å². The average molecular weight is 418 g/mol. The molecule has 3 rings (SSSR count). The number of nitrogens with one attached hydrogen (secondary N) is 1. The van der Waals surface area contributed by atoms with Gasteiger partial charge in [-0.3, -0.25) is 9.59 Å². The minimum absolute atomic E-state index is 0.210. The molecule has 0 heterocycles. The van der Waals surface area contributed by atoms with Crippen LogP contribution in [0, 0.1) is 6.92 Å². The Morgan fingerprint density at radius 3 is 2.42 bits per heavy atom.